The number of carbonyl (C=O) groups is 1. The number of hydrogen-bond acceptors (Lipinski definition) is 2. The Hall–Kier alpha value is -0.570. The monoisotopic (exact) mass is 196 g/mol. The lowest BCUT2D eigenvalue weighted by atomic mass is 9.78. The summed E-state index contributed by atoms with van der Waals surface area (Å²) in [6.45, 7) is 1.13. The zero-order chi connectivity index (χ0) is 9.97. The van der Waals surface area contributed by atoms with Gasteiger partial charge in [0.1, 0.15) is 0 Å². The Morgan fingerprint density at radius 3 is 2.71 bits per heavy atom. The number of carbonyl (C=O) groups excluding carboxylic acids is 1. The van der Waals surface area contributed by atoms with Crippen LogP contribution >= 0.6 is 0 Å². The van der Waals surface area contributed by atoms with E-state index in [1.54, 1.807) is 0 Å². The van der Waals surface area contributed by atoms with Gasteiger partial charge in [0.15, 0.2) is 0 Å². The van der Waals surface area contributed by atoms with Crippen LogP contribution in [0, 0.1) is 5.92 Å². The molecule has 1 heterocycles. The third-order valence-electron chi connectivity index (χ3n) is 3.74. The average molecular weight is 196 g/mol. The van der Waals surface area contributed by atoms with Gasteiger partial charge >= 0.3 is 0 Å². The Kier molecular flexibility index (Phi) is 3.06. The molecule has 1 amide bonds. The van der Waals surface area contributed by atoms with Crippen molar-refractivity contribution in [1.82, 2.24) is 4.90 Å². The third kappa shape index (κ3) is 1.78. The van der Waals surface area contributed by atoms with E-state index in [0.29, 0.717) is 6.04 Å². The quantitative estimate of drug-likeness (QED) is 0.683. The summed E-state index contributed by atoms with van der Waals surface area (Å²) >= 11 is 0. The zero-order valence-electron chi connectivity index (χ0n) is 8.74. The fourth-order valence-corrected chi connectivity index (χ4v) is 3.05. The number of likely N-dealkylation sites (tertiary alicyclic amines) is 1. The molecule has 3 heteroatoms. The number of fused-ring (bicyclic) bond motifs is 1. The smallest absolute Gasteiger partial charge is 0.236 e. The van der Waals surface area contributed by atoms with Crippen LogP contribution in [0.2, 0.25) is 0 Å². The van der Waals surface area contributed by atoms with Crippen LogP contribution < -0.4 is 5.73 Å². The van der Waals surface area contributed by atoms with E-state index in [0.717, 1.165) is 12.5 Å². The van der Waals surface area contributed by atoms with Gasteiger partial charge in [-0.1, -0.05) is 12.8 Å². The Morgan fingerprint density at radius 1 is 1.21 bits per heavy atom. The second kappa shape index (κ2) is 4.30. The minimum absolute atomic E-state index is 0.154. The van der Waals surface area contributed by atoms with Crippen molar-refractivity contribution in [3.63, 3.8) is 0 Å². The number of amides is 1. The molecule has 0 aromatic carbocycles. The minimum Gasteiger partial charge on any atom is -0.338 e. The topological polar surface area (TPSA) is 46.3 Å². The SMILES string of the molecule is NCC(=O)N1CCC[C@H]2CCCC[C@@H]21. The standard InChI is InChI=1S/C11H20N2O/c12-8-11(14)13-7-3-5-9-4-1-2-6-10(9)13/h9-10H,1-8,12H2/t9-,10+/m1/s1. The first kappa shape index (κ1) is 9.97. The summed E-state index contributed by atoms with van der Waals surface area (Å²) in [4.78, 5) is 13.7. The third-order valence-corrected chi connectivity index (χ3v) is 3.74. The van der Waals surface area contributed by atoms with E-state index in [2.05, 4.69) is 0 Å². The van der Waals surface area contributed by atoms with Crippen molar-refractivity contribution < 1.29 is 4.79 Å². The Morgan fingerprint density at radius 2 is 1.93 bits per heavy atom. The molecular formula is C11H20N2O. The number of hydrogen-bond donors (Lipinski definition) is 1. The predicted molar refractivity (Wildman–Crippen MR) is 55.7 cm³/mol. The molecule has 2 rings (SSSR count). The number of nitrogens with two attached hydrogens (primary N) is 1. The van der Waals surface area contributed by atoms with Gasteiger partial charge in [-0.15, -0.1) is 0 Å². The molecule has 2 atom stereocenters. The van der Waals surface area contributed by atoms with Crippen LogP contribution in [0.3, 0.4) is 0 Å². The Labute approximate surface area is 85.6 Å². The molecule has 14 heavy (non-hydrogen) atoms. The van der Waals surface area contributed by atoms with Crippen LogP contribution in [-0.2, 0) is 4.79 Å². The second-order valence-electron chi connectivity index (χ2n) is 4.55. The van der Waals surface area contributed by atoms with Gasteiger partial charge in [-0.25, -0.2) is 0 Å². The fourth-order valence-electron chi connectivity index (χ4n) is 3.05. The predicted octanol–water partition coefficient (Wildman–Crippen LogP) is 1.13. The molecule has 0 unspecified atom stereocenters. The van der Waals surface area contributed by atoms with Crippen molar-refractivity contribution in [3.05, 3.63) is 0 Å². The van der Waals surface area contributed by atoms with Crippen LogP contribution in [0.15, 0.2) is 0 Å². The number of rotatable bonds is 1. The van der Waals surface area contributed by atoms with Crippen LogP contribution in [0.4, 0.5) is 0 Å². The minimum atomic E-state index is 0.154. The zero-order valence-corrected chi connectivity index (χ0v) is 8.74. The Bertz CT molecular complexity index is 215. The van der Waals surface area contributed by atoms with Gasteiger partial charge in [-0.3, -0.25) is 4.79 Å². The highest BCUT2D eigenvalue weighted by atomic mass is 16.2. The van der Waals surface area contributed by atoms with Gasteiger partial charge < -0.3 is 10.6 Å². The molecule has 1 saturated carbocycles. The highest BCUT2D eigenvalue weighted by Crippen LogP contribution is 2.35. The lowest BCUT2D eigenvalue weighted by molar-refractivity contribution is -0.135. The van der Waals surface area contributed by atoms with Gasteiger partial charge in [-0.2, -0.15) is 0 Å². The van der Waals surface area contributed by atoms with Crippen LogP contribution in [-0.4, -0.2) is 29.9 Å². The van der Waals surface area contributed by atoms with Gasteiger partial charge in [0, 0.05) is 12.6 Å². The van der Waals surface area contributed by atoms with Crippen molar-refractivity contribution in [2.45, 2.75) is 44.6 Å². The summed E-state index contributed by atoms with van der Waals surface area (Å²) in [7, 11) is 0. The Balaban J connectivity index is 2.04. The molecule has 1 aliphatic heterocycles. The molecule has 2 fully saturated rings. The van der Waals surface area contributed by atoms with E-state index < -0.39 is 0 Å². The average Bonchev–Trinajstić information content (AvgIpc) is 2.27. The first-order valence-electron chi connectivity index (χ1n) is 5.82. The normalized spacial score (nSPS) is 32.5. The molecule has 2 aliphatic rings. The van der Waals surface area contributed by atoms with Crippen LogP contribution in [0.25, 0.3) is 0 Å². The summed E-state index contributed by atoms with van der Waals surface area (Å²) in [6.07, 6.45) is 7.66. The first-order chi connectivity index (χ1) is 6.83. The van der Waals surface area contributed by atoms with E-state index in [1.807, 2.05) is 4.90 Å². The van der Waals surface area contributed by atoms with Crippen molar-refractivity contribution in [1.29, 1.82) is 0 Å². The fraction of sp³-hybridized carbons (Fsp3) is 0.909. The lowest BCUT2D eigenvalue weighted by Crippen LogP contribution is -2.51. The van der Waals surface area contributed by atoms with E-state index in [1.165, 1.54) is 38.5 Å². The summed E-state index contributed by atoms with van der Waals surface area (Å²) in [5, 5.41) is 0. The van der Waals surface area contributed by atoms with Crippen molar-refractivity contribution in [2.24, 2.45) is 11.7 Å². The molecular weight excluding hydrogens is 176 g/mol. The maximum Gasteiger partial charge on any atom is 0.236 e. The number of nitrogens with zero attached hydrogens (tertiary/aromatic N) is 1. The molecule has 0 spiro atoms. The summed E-state index contributed by atoms with van der Waals surface area (Å²) < 4.78 is 0. The van der Waals surface area contributed by atoms with Crippen molar-refractivity contribution in [3.8, 4) is 0 Å². The van der Waals surface area contributed by atoms with Gasteiger partial charge in [0.25, 0.3) is 0 Å². The van der Waals surface area contributed by atoms with Crippen LogP contribution in [0.1, 0.15) is 38.5 Å². The largest absolute Gasteiger partial charge is 0.338 e. The van der Waals surface area contributed by atoms with E-state index in [4.69, 9.17) is 5.73 Å². The molecule has 80 valence electrons. The molecule has 0 bridgehead atoms. The lowest BCUT2D eigenvalue weighted by Gasteiger charge is -2.44. The first-order valence-corrected chi connectivity index (χ1v) is 5.82. The molecule has 1 aliphatic carbocycles. The maximum atomic E-state index is 11.6. The molecule has 3 nitrogen and oxygen atoms in total. The molecule has 0 aromatic rings. The van der Waals surface area contributed by atoms with Crippen molar-refractivity contribution in [2.75, 3.05) is 13.1 Å². The maximum absolute atomic E-state index is 11.6. The van der Waals surface area contributed by atoms with Gasteiger partial charge in [0.2, 0.25) is 5.91 Å². The van der Waals surface area contributed by atoms with Crippen molar-refractivity contribution >= 4 is 5.91 Å². The highest BCUT2D eigenvalue weighted by molar-refractivity contribution is 5.78. The van der Waals surface area contributed by atoms with Crippen LogP contribution in [0.5, 0.6) is 0 Å². The molecule has 0 aromatic heterocycles. The molecule has 1 saturated heterocycles. The molecule has 0 radical (unpaired) electrons. The summed E-state index contributed by atoms with van der Waals surface area (Å²) in [5.74, 6) is 0.926. The van der Waals surface area contributed by atoms with Gasteiger partial charge in [0.05, 0.1) is 6.54 Å². The van der Waals surface area contributed by atoms with E-state index >= 15 is 0 Å². The highest BCUT2D eigenvalue weighted by Gasteiger charge is 2.34. The summed E-state index contributed by atoms with van der Waals surface area (Å²) in [5.41, 5.74) is 5.43. The second-order valence-corrected chi connectivity index (χ2v) is 4.55. The summed E-state index contributed by atoms with van der Waals surface area (Å²) in [6, 6.07) is 0.522. The molecule has 2 N–H and O–H groups in total. The van der Waals surface area contributed by atoms with E-state index in [9.17, 15) is 4.79 Å². The number of piperidine rings is 1. The van der Waals surface area contributed by atoms with E-state index in [-0.39, 0.29) is 12.5 Å². The van der Waals surface area contributed by atoms with Gasteiger partial charge in [-0.05, 0) is 31.6 Å².